The van der Waals surface area contributed by atoms with E-state index in [2.05, 4.69) is 0 Å². The maximum Gasteiger partial charge on any atom is 0.187 e. The van der Waals surface area contributed by atoms with Crippen LogP contribution >= 0.6 is 0 Å². The standard InChI is InChI=1S/C65H106O53/c66-1-15-28(69)51(92)64(106-15)118-52-27(68)14(67)2-95-65(52)117-26-13-105-63(50(91)39(26)80)116-25-12-104-62(49(90)38(25)79)115-24-11-103-61(48(89)37(24)78)114-23-10-102-60(47(88)36(23)77)113-22-9-101-59(46(87)35(22)76)112-21-8-100-58(45(86)34(21)75)111-20-7-99-57(44(85)33(20)74)110-19-6-98-56(43(84)32(19)73)109-18-5-97-55(42(83)31(18)72)108-17-4-96-54(41(82)30(17)71)107-16-3-94-53(93)40(81)29(16)70/h14-93H,1-13H2/t14-,15+,16-,17-,18-,19-,20-,21-,22-,23-,24-,25-,26-,27+,28-,29+,30+,31+,32+,33+,34+,35+,36+,37+,38+,39+,40?,41?,42?,43?,44?,45?,46?,47?,48?,49?,50?,51?,52?,53-,54+,55-,56-,57-,58-,59-,60-,61-,62-,63-,64+,65+/m1/s1. The number of hydrogen-bond acceptors (Lipinski definition) is 53. The Balaban J connectivity index is 0.489. The molecule has 52 atom stereocenters. The van der Waals surface area contributed by atoms with Crippen molar-refractivity contribution >= 4 is 0 Å². The highest BCUT2D eigenvalue weighted by Crippen LogP contribution is 2.38. The van der Waals surface area contributed by atoms with Gasteiger partial charge in [0.25, 0.3) is 0 Å². The van der Waals surface area contributed by atoms with E-state index in [1.165, 1.54) is 0 Å². The van der Waals surface area contributed by atoms with E-state index in [-0.39, 0.29) is 0 Å². The molecule has 118 heavy (non-hydrogen) atoms. The first-order valence-electron chi connectivity index (χ1n) is 38.0. The summed E-state index contributed by atoms with van der Waals surface area (Å²) in [6, 6.07) is 0. The van der Waals surface area contributed by atoms with Gasteiger partial charge in [-0.1, -0.05) is 0 Å². The second-order valence-electron chi connectivity index (χ2n) is 30.5. The topological polar surface area (TPSA) is 797 Å². The molecule has 13 rings (SSSR count). The SMILES string of the molecule is OC[C@@H]1O[C@@H](OC2[C@H](O[C@@H]3CO[C@H](O[C@@H]4CO[C@H](O[C@@H]5CO[C@H](O[C@@H]6CO[C@H](O[C@@H]7CO[C@H](O[C@@H]8CO[C@H](O[C@@H]9CO[C@H](O[C@@H]%10CO[C@H](O[C@@H]%11CO[C@H](O[C@@H]%12CO[C@@H](O[C@@H]%13CO[C@@H](O)C(O)[C@H]%13O)C(O)[C@H]%12O)C(O)[C@H]%11O)C(O)[C@H]%10O)C(O)[C@H]9O)C(O)[C@H]8O)C(O)[C@H]7O)C(O)[C@H]6O)C(O)[C@H]5O)C(O)[C@H]4O)C(O)[C@H]3O)OC[C@@H](O)[C@@H]2O)C(O)[C@@H]1O. The van der Waals surface area contributed by atoms with E-state index in [9.17, 15) is 143 Å². The average Bonchev–Trinajstić information content (AvgIpc) is 1.64. The molecule has 0 aromatic heterocycles. The largest absolute Gasteiger partial charge is 0.394 e. The quantitative estimate of drug-likeness (QED) is 0.0404. The fourth-order valence-electron chi connectivity index (χ4n) is 15.0. The van der Waals surface area contributed by atoms with Crippen LogP contribution in [0.5, 0.6) is 0 Å². The van der Waals surface area contributed by atoms with E-state index in [4.69, 9.17) is 118 Å². The van der Waals surface area contributed by atoms with Crippen LogP contribution in [0.3, 0.4) is 0 Å². The Bertz CT molecular complexity index is 3060. The molecule has 0 bridgehead atoms. The Morgan fingerprint density at radius 2 is 0.347 bits per heavy atom. The molecule has 13 aliphatic heterocycles. The molecule has 13 unspecified atom stereocenters. The Morgan fingerprint density at radius 3 is 0.551 bits per heavy atom. The maximum atomic E-state index is 11.1. The second-order valence-corrected chi connectivity index (χ2v) is 30.5. The number of aliphatic hydroxyl groups excluding tert-OH is 28. The molecule has 0 amide bonds. The van der Waals surface area contributed by atoms with Crippen molar-refractivity contribution < 1.29 is 261 Å². The van der Waals surface area contributed by atoms with Crippen LogP contribution in [0.4, 0.5) is 0 Å². The van der Waals surface area contributed by atoms with Gasteiger partial charge in [0.2, 0.25) is 0 Å². The lowest BCUT2D eigenvalue weighted by atomic mass is 10.0. The summed E-state index contributed by atoms with van der Waals surface area (Å²) in [5.41, 5.74) is 0. The molecule has 0 aromatic carbocycles. The zero-order valence-electron chi connectivity index (χ0n) is 61.9. The normalized spacial score (nSPS) is 54.7. The highest BCUT2D eigenvalue weighted by atomic mass is 16.8. The van der Waals surface area contributed by atoms with Gasteiger partial charge in [-0.3, -0.25) is 0 Å². The smallest absolute Gasteiger partial charge is 0.187 e. The van der Waals surface area contributed by atoms with Gasteiger partial charge in [0.15, 0.2) is 81.8 Å². The molecule has 0 aliphatic carbocycles. The van der Waals surface area contributed by atoms with E-state index in [0.29, 0.717) is 0 Å². The predicted molar refractivity (Wildman–Crippen MR) is 349 cm³/mol. The monoisotopic (exact) mass is 1730 g/mol. The highest BCUT2D eigenvalue weighted by molar-refractivity contribution is 4.99. The van der Waals surface area contributed by atoms with Crippen LogP contribution in [-0.2, 0) is 118 Å². The summed E-state index contributed by atoms with van der Waals surface area (Å²) in [7, 11) is 0. The molecule has 0 aromatic rings. The summed E-state index contributed by atoms with van der Waals surface area (Å²) in [4.78, 5) is 0. The van der Waals surface area contributed by atoms with Crippen molar-refractivity contribution in [2.75, 3.05) is 85.9 Å². The van der Waals surface area contributed by atoms with E-state index in [1.807, 2.05) is 0 Å². The van der Waals surface area contributed by atoms with Crippen LogP contribution in [0.1, 0.15) is 0 Å². The van der Waals surface area contributed by atoms with Crippen molar-refractivity contribution in [2.24, 2.45) is 0 Å². The second kappa shape index (κ2) is 40.5. The summed E-state index contributed by atoms with van der Waals surface area (Å²) in [5.74, 6) is 0. The minimum absolute atomic E-state index is 0.409. The van der Waals surface area contributed by atoms with Gasteiger partial charge in [-0.2, -0.15) is 0 Å². The molecule has 13 heterocycles. The third-order valence-electron chi connectivity index (χ3n) is 22.4. The van der Waals surface area contributed by atoms with Gasteiger partial charge < -0.3 is 261 Å². The number of aliphatic hydroxyl groups is 28. The first kappa shape index (κ1) is 93.5. The maximum absolute atomic E-state index is 11.1. The lowest BCUT2D eigenvalue weighted by Crippen LogP contribution is -2.64. The Kier molecular flexibility index (Phi) is 32.1. The van der Waals surface area contributed by atoms with Gasteiger partial charge in [-0.05, 0) is 0 Å². The lowest BCUT2D eigenvalue weighted by molar-refractivity contribution is -0.371. The van der Waals surface area contributed by atoms with Crippen molar-refractivity contribution in [3.63, 3.8) is 0 Å². The molecule has 13 saturated heterocycles. The van der Waals surface area contributed by atoms with Gasteiger partial charge in [0, 0.05) is 0 Å². The van der Waals surface area contributed by atoms with Gasteiger partial charge >= 0.3 is 0 Å². The molecular weight excluding hydrogens is 1630 g/mol. The van der Waals surface area contributed by atoms with E-state index < -0.39 is 406 Å². The van der Waals surface area contributed by atoms with Gasteiger partial charge in [0.05, 0.1) is 85.9 Å². The first-order chi connectivity index (χ1) is 56.1. The van der Waals surface area contributed by atoms with E-state index >= 15 is 0 Å². The predicted octanol–water partition coefficient (Wildman–Crippen LogP) is -21.0. The summed E-state index contributed by atoms with van der Waals surface area (Å²) >= 11 is 0. The van der Waals surface area contributed by atoms with Crippen molar-refractivity contribution in [1.82, 2.24) is 0 Å². The zero-order valence-corrected chi connectivity index (χ0v) is 61.9. The van der Waals surface area contributed by atoms with Gasteiger partial charge in [-0.25, -0.2) is 0 Å². The minimum Gasteiger partial charge on any atom is -0.394 e. The first-order valence-corrected chi connectivity index (χ1v) is 38.0. The van der Waals surface area contributed by atoms with Crippen molar-refractivity contribution in [1.29, 1.82) is 0 Å². The number of rotatable bonds is 25. The van der Waals surface area contributed by atoms with E-state index in [1.54, 1.807) is 0 Å². The minimum atomic E-state index is -1.98. The van der Waals surface area contributed by atoms with Crippen molar-refractivity contribution in [2.45, 2.75) is 320 Å². The van der Waals surface area contributed by atoms with Crippen LogP contribution in [0, 0.1) is 0 Å². The Hall–Kier alpha value is -2.12. The molecular formula is C65H106O53. The average molecular weight is 1740 g/mol. The Morgan fingerprint density at radius 1 is 0.169 bits per heavy atom. The number of hydrogen-bond donors (Lipinski definition) is 28. The zero-order chi connectivity index (χ0) is 84.9. The molecule has 53 nitrogen and oxygen atoms in total. The summed E-state index contributed by atoms with van der Waals surface area (Å²) in [5, 5.41) is 302. The lowest BCUT2D eigenvalue weighted by Gasteiger charge is -2.46. The third kappa shape index (κ3) is 20.2. The summed E-state index contributed by atoms with van der Waals surface area (Å²) in [6.45, 7) is -7.35. The molecule has 0 saturated carbocycles. The highest BCUT2D eigenvalue weighted by Gasteiger charge is 2.58. The van der Waals surface area contributed by atoms with Crippen LogP contribution in [-0.4, -0.2) is 549 Å². The van der Waals surface area contributed by atoms with Crippen LogP contribution in [0.15, 0.2) is 0 Å². The molecule has 13 fully saturated rings. The van der Waals surface area contributed by atoms with Crippen molar-refractivity contribution in [3.8, 4) is 0 Å². The van der Waals surface area contributed by atoms with Gasteiger partial charge in [-0.15, -0.1) is 0 Å². The molecule has 0 radical (unpaired) electrons. The molecule has 684 valence electrons. The van der Waals surface area contributed by atoms with Crippen LogP contribution in [0.2, 0.25) is 0 Å². The molecule has 0 spiro atoms. The molecule has 53 heteroatoms. The Labute approximate surface area is 665 Å². The van der Waals surface area contributed by atoms with Crippen molar-refractivity contribution in [3.05, 3.63) is 0 Å². The van der Waals surface area contributed by atoms with E-state index in [0.717, 1.165) is 0 Å². The third-order valence-corrected chi connectivity index (χ3v) is 22.4. The molecule has 28 N–H and O–H groups in total. The fraction of sp³-hybridized carbons (Fsp3) is 1.00. The molecule has 13 aliphatic rings. The summed E-state index contributed by atoms with van der Waals surface area (Å²) in [6.07, 6.45) is -89.1. The van der Waals surface area contributed by atoms with Crippen LogP contribution < -0.4 is 0 Å². The van der Waals surface area contributed by atoms with Gasteiger partial charge in [0.1, 0.15) is 238 Å². The van der Waals surface area contributed by atoms with Crippen LogP contribution in [0.25, 0.3) is 0 Å². The fourth-order valence-corrected chi connectivity index (χ4v) is 15.0. The number of ether oxygens (including phenoxy) is 25. The summed E-state index contributed by atoms with van der Waals surface area (Å²) < 4.78 is 139.